The summed E-state index contributed by atoms with van der Waals surface area (Å²) in [5.74, 6) is -0.271. The van der Waals surface area contributed by atoms with E-state index in [1.54, 1.807) is 18.2 Å². The Balaban J connectivity index is 1.56. The van der Waals surface area contributed by atoms with Crippen molar-refractivity contribution in [3.05, 3.63) is 76.3 Å². The van der Waals surface area contributed by atoms with Gasteiger partial charge in [-0.25, -0.2) is 5.43 Å². The zero-order chi connectivity index (χ0) is 17.6. The van der Waals surface area contributed by atoms with E-state index in [0.717, 1.165) is 16.5 Å². The second-order valence-electron chi connectivity index (χ2n) is 5.34. The van der Waals surface area contributed by atoms with Crippen molar-refractivity contribution in [2.45, 2.75) is 0 Å². The zero-order valence-electron chi connectivity index (χ0n) is 13.2. The summed E-state index contributed by atoms with van der Waals surface area (Å²) in [5, 5.41) is 10.2. The van der Waals surface area contributed by atoms with Crippen LogP contribution in [-0.4, -0.2) is 18.7 Å². The Labute approximate surface area is 155 Å². The van der Waals surface area contributed by atoms with Gasteiger partial charge in [0.2, 0.25) is 0 Å². The Bertz CT molecular complexity index is 921. The summed E-state index contributed by atoms with van der Waals surface area (Å²) < 4.78 is 0. The largest absolute Gasteiger partial charge is 0.376 e. The van der Waals surface area contributed by atoms with Crippen LogP contribution in [-0.2, 0) is 4.79 Å². The fourth-order valence-corrected chi connectivity index (χ4v) is 2.82. The molecule has 0 saturated carbocycles. The van der Waals surface area contributed by atoms with Gasteiger partial charge in [0.1, 0.15) is 0 Å². The van der Waals surface area contributed by atoms with E-state index in [0.29, 0.717) is 15.6 Å². The number of carbonyl (C=O) groups is 1. The highest BCUT2D eigenvalue weighted by molar-refractivity contribution is 6.38. The number of fused-ring (bicyclic) bond motifs is 1. The molecular weight excluding hydrogens is 357 g/mol. The van der Waals surface area contributed by atoms with Gasteiger partial charge in [0.25, 0.3) is 5.91 Å². The lowest BCUT2D eigenvalue weighted by molar-refractivity contribution is -0.119. The Kier molecular flexibility index (Phi) is 5.53. The molecule has 0 aliphatic heterocycles. The van der Waals surface area contributed by atoms with Crippen LogP contribution in [0.5, 0.6) is 0 Å². The molecule has 0 bridgehead atoms. The van der Waals surface area contributed by atoms with Crippen molar-refractivity contribution in [3.8, 4) is 0 Å². The highest BCUT2D eigenvalue weighted by Crippen LogP contribution is 2.22. The first-order valence-corrected chi connectivity index (χ1v) is 8.38. The van der Waals surface area contributed by atoms with E-state index in [1.165, 1.54) is 6.21 Å². The number of hydrazone groups is 1. The summed E-state index contributed by atoms with van der Waals surface area (Å²) >= 11 is 12.1. The van der Waals surface area contributed by atoms with Crippen molar-refractivity contribution in [3.63, 3.8) is 0 Å². The molecule has 0 saturated heterocycles. The van der Waals surface area contributed by atoms with E-state index >= 15 is 0 Å². The minimum Gasteiger partial charge on any atom is -0.376 e. The second kappa shape index (κ2) is 8.01. The van der Waals surface area contributed by atoms with Crippen LogP contribution in [0.15, 0.2) is 65.8 Å². The highest BCUT2D eigenvalue weighted by Gasteiger charge is 2.03. The summed E-state index contributed by atoms with van der Waals surface area (Å²) in [6.45, 7) is 0.103. The Morgan fingerprint density at radius 1 is 0.960 bits per heavy atom. The number of benzene rings is 3. The molecule has 1 amide bonds. The molecular formula is C19H15Cl2N3O. The van der Waals surface area contributed by atoms with Crippen LogP contribution in [0.2, 0.25) is 10.0 Å². The number of halogens is 2. The Hall–Kier alpha value is -2.56. The average Bonchev–Trinajstić information content (AvgIpc) is 2.62. The fraction of sp³-hybridized carbons (Fsp3) is 0.0526. The predicted octanol–water partition coefficient (Wildman–Crippen LogP) is 4.71. The lowest BCUT2D eigenvalue weighted by atomic mass is 10.1. The molecule has 3 aromatic rings. The van der Waals surface area contributed by atoms with Crippen molar-refractivity contribution in [2.75, 3.05) is 11.9 Å². The molecule has 0 aliphatic rings. The molecule has 6 heteroatoms. The molecule has 0 heterocycles. The first kappa shape index (κ1) is 17.3. The van der Waals surface area contributed by atoms with E-state index < -0.39 is 0 Å². The predicted molar refractivity (Wildman–Crippen MR) is 105 cm³/mol. The highest BCUT2D eigenvalue weighted by atomic mass is 35.5. The van der Waals surface area contributed by atoms with E-state index in [1.807, 2.05) is 42.5 Å². The fourth-order valence-electron chi connectivity index (χ4n) is 2.32. The number of anilines is 1. The van der Waals surface area contributed by atoms with Crippen molar-refractivity contribution >= 4 is 51.8 Å². The smallest absolute Gasteiger partial charge is 0.259 e. The Morgan fingerprint density at radius 3 is 2.44 bits per heavy atom. The van der Waals surface area contributed by atoms with Crippen LogP contribution in [0.4, 0.5) is 5.69 Å². The third-order valence-electron chi connectivity index (χ3n) is 3.59. The number of nitrogens with one attached hydrogen (secondary N) is 2. The number of hydrogen-bond acceptors (Lipinski definition) is 3. The van der Waals surface area contributed by atoms with Gasteiger partial charge in [-0.3, -0.25) is 4.79 Å². The summed E-state index contributed by atoms with van der Waals surface area (Å²) in [6.07, 6.45) is 1.43. The van der Waals surface area contributed by atoms with E-state index in [-0.39, 0.29) is 12.5 Å². The molecule has 0 aromatic heterocycles. The first-order valence-electron chi connectivity index (χ1n) is 7.62. The van der Waals surface area contributed by atoms with Crippen molar-refractivity contribution < 1.29 is 4.79 Å². The number of nitrogens with zero attached hydrogens (tertiary/aromatic N) is 1. The summed E-state index contributed by atoms with van der Waals surface area (Å²) in [4.78, 5) is 11.9. The molecule has 0 atom stereocenters. The SMILES string of the molecule is O=C(CNc1ccc2ccccc2c1)N/N=C/c1c(Cl)cccc1Cl. The van der Waals surface area contributed by atoms with Gasteiger partial charge in [-0.1, -0.05) is 59.6 Å². The molecule has 0 spiro atoms. The third kappa shape index (κ3) is 4.50. The molecule has 0 unspecified atom stereocenters. The summed E-state index contributed by atoms with van der Waals surface area (Å²) in [6, 6.07) is 19.1. The maximum absolute atomic E-state index is 11.9. The van der Waals surface area contributed by atoms with Crippen molar-refractivity contribution in [2.24, 2.45) is 5.10 Å². The third-order valence-corrected chi connectivity index (χ3v) is 4.24. The molecule has 3 rings (SSSR count). The molecule has 3 aromatic carbocycles. The average molecular weight is 372 g/mol. The maximum atomic E-state index is 11.9. The van der Waals surface area contributed by atoms with Gasteiger partial charge < -0.3 is 5.32 Å². The van der Waals surface area contributed by atoms with Gasteiger partial charge in [0, 0.05) is 11.3 Å². The summed E-state index contributed by atoms with van der Waals surface area (Å²) in [7, 11) is 0. The minimum absolute atomic E-state index is 0.103. The monoisotopic (exact) mass is 371 g/mol. The van der Waals surface area contributed by atoms with Gasteiger partial charge in [0.05, 0.1) is 22.8 Å². The molecule has 2 N–H and O–H groups in total. The van der Waals surface area contributed by atoms with Crippen LogP contribution < -0.4 is 10.7 Å². The van der Waals surface area contributed by atoms with Gasteiger partial charge in [-0.15, -0.1) is 0 Å². The van der Waals surface area contributed by atoms with Crippen LogP contribution >= 0.6 is 23.2 Å². The number of amides is 1. The minimum atomic E-state index is -0.271. The normalized spacial score (nSPS) is 11.0. The Morgan fingerprint density at radius 2 is 1.68 bits per heavy atom. The molecule has 25 heavy (non-hydrogen) atoms. The van der Waals surface area contributed by atoms with Crippen LogP contribution in [0.25, 0.3) is 10.8 Å². The lowest BCUT2D eigenvalue weighted by Crippen LogP contribution is -2.25. The number of carbonyl (C=O) groups excluding carboxylic acids is 1. The van der Waals surface area contributed by atoms with E-state index in [4.69, 9.17) is 23.2 Å². The molecule has 126 valence electrons. The van der Waals surface area contributed by atoms with Gasteiger partial charge in [0.15, 0.2) is 0 Å². The van der Waals surface area contributed by atoms with Crippen LogP contribution in [0.1, 0.15) is 5.56 Å². The van der Waals surface area contributed by atoms with E-state index in [2.05, 4.69) is 15.8 Å². The molecule has 0 aliphatic carbocycles. The van der Waals surface area contributed by atoms with Gasteiger partial charge in [-0.05, 0) is 35.0 Å². The van der Waals surface area contributed by atoms with Crippen molar-refractivity contribution in [1.82, 2.24) is 5.43 Å². The van der Waals surface area contributed by atoms with Crippen LogP contribution in [0.3, 0.4) is 0 Å². The zero-order valence-corrected chi connectivity index (χ0v) is 14.7. The molecule has 4 nitrogen and oxygen atoms in total. The number of hydrogen-bond donors (Lipinski definition) is 2. The van der Waals surface area contributed by atoms with Crippen LogP contribution in [0, 0.1) is 0 Å². The standard InChI is InChI=1S/C19H15Cl2N3O/c20-17-6-3-7-18(21)16(17)11-23-24-19(25)12-22-15-9-8-13-4-1-2-5-14(13)10-15/h1-11,22H,12H2,(H,24,25)/b23-11+. The van der Waals surface area contributed by atoms with Crippen molar-refractivity contribution in [1.29, 1.82) is 0 Å². The number of rotatable bonds is 5. The van der Waals surface area contributed by atoms with E-state index in [9.17, 15) is 4.79 Å². The van der Waals surface area contributed by atoms with Gasteiger partial charge in [-0.2, -0.15) is 5.10 Å². The quantitative estimate of drug-likeness (QED) is 0.504. The maximum Gasteiger partial charge on any atom is 0.259 e. The topological polar surface area (TPSA) is 53.5 Å². The molecule has 0 radical (unpaired) electrons. The van der Waals surface area contributed by atoms with Gasteiger partial charge >= 0.3 is 0 Å². The molecule has 0 fully saturated rings. The lowest BCUT2D eigenvalue weighted by Gasteiger charge is -2.07. The summed E-state index contributed by atoms with van der Waals surface area (Å²) in [5.41, 5.74) is 3.87. The second-order valence-corrected chi connectivity index (χ2v) is 6.16. The first-order chi connectivity index (χ1) is 12.1.